The van der Waals surface area contributed by atoms with Gasteiger partial charge in [0, 0.05) is 0 Å². The van der Waals surface area contributed by atoms with Crippen LogP contribution in [-0.4, -0.2) is 18.3 Å². The van der Waals surface area contributed by atoms with Crippen molar-refractivity contribution in [1.82, 2.24) is 0 Å². The molecule has 3 aliphatic carbocycles. The first kappa shape index (κ1) is 95.9. The van der Waals surface area contributed by atoms with Crippen LogP contribution in [0.3, 0.4) is 0 Å². The summed E-state index contributed by atoms with van der Waals surface area (Å²) in [5.41, 5.74) is 18.3. The molecule has 644 valence electrons. The first-order chi connectivity index (χ1) is 54.9. The monoisotopic (exact) mass is 1610 g/mol. The van der Waals surface area contributed by atoms with Crippen molar-refractivity contribution < 1.29 is 13.6 Å². The minimum Gasteiger partial charge on any atom is -0.303 e. The first-order valence-electron chi connectivity index (χ1n) is 46.6. The van der Waals surface area contributed by atoms with Gasteiger partial charge in [-0.1, -0.05) is 431 Å². The van der Waals surface area contributed by atoms with E-state index in [0.717, 1.165) is 77.0 Å². The second-order valence-corrected chi connectivity index (χ2v) is 45.1. The Morgan fingerprint density at radius 2 is 0.381 bits per heavy atom. The van der Waals surface area contributed by atoms with E-state index in [-0.39, 0.29) is 48.7 Å². The predicted molar refractivity (Wildman–Crippen MR) is 518 cm³/mol. The molecule has 0 N–H and O–H groups in total. The highest BCUT2D eigenvalue weighted by Gasteiger charge is 2.63. The van der Waals surface area contributed by atoms with Gasteiger partial charge >= 0.3 is 8.60 Å². The van der Waals surface area contributed by atoms with Crippen molar-refractivity contribution in [1.29, 1.82) is 0 Å². The van der Waals surface area contributed by atoms with E-state index in [1.54, 1.807) is 0 Å². The number of rotatable bonds is 36. The van der Waals surface area contributed by atoms with Gasteiger partial charge in [-0.3, -0.25) is 0 Å². The molecule has 0 amide bonds. The minimum atomic E-state index is -2.51. The summed E-state index contributed by atoms with van der Waals surface area (Å²) in [6, 6.07) is 59.4. The Morgan fingerprint density at radius 1 is 0.220 bits per heavy atom. The summed E-state index contributed by atoms with van der Waals surface area (Å²) in [5.74, 6) is 0. The molecule has 0 bridgehead atoms. The highest BCUT2D eigenvalue weighted by Crippen LogP contribution is 2.70. The second-order valence-electron chi connectivity index (χ2n) is 44.0. The largest absolute Gasteiger partial charge is 0.334 e. The Bertz CT molecular complexity index is 4130. The maximum atomic E-state index is 9.07. The van der Waals surface area contributed by atoms with Crippen molar-refractivity contribution in [3.05, 3.63) is 266 Å². The Kier molecular flexibility index (Phi) is 28.7. The van der Waals surface area contributed by atoms with Gasteiger partial charge in [0.15, 0.2) is 0 Å². The lowest BCUT2D eigenvalue weighted by Gasteiger charge is -2.58. The van der Waals surface area contributed by atoms with Crippen LogP contribution in [-0.2, 0) is 62.3 Å². The third-order valence-electron chi connectivity index (χ3n) is 33.4. The molecule has 6 aromatic rings. The quantitative estimate of drug-likeness (QED) is 0.0367. The lowest BCUT2D eigenvalue weighted by Crippen LogP contribution is -2.56. The lowest BCUT2D eigenvalue weighted by atomic mass is 9.49. The SMILES string of the molecule is CCC(C)(C)C1=C(c2ccc(C(C)(C)CC)cc2)C(c2ccc(C(C)(C)CC)cc2)(C(C)(C)CC)C(OP(OC2C=CC(C(C)(C)CC)=C(c3ccc(C(C)(C)CC)cc3)C2(c2ccc(C(C)(C)CC)cc2)C(C)(C)CC)OC2C=CC(C(C)(C)CC)=C(c3ccc(C(C)(C)CC)cc3)C2(c2ccc(C(C)(C)CC)cc2)C(C)(C)CC)C=C1. The minimum absolute atomic E-state index is 0.0235. The molecule has 0 radical (unpaired) electrons. The number of benzene rings is 6. The van der Waals surface area contributed by atoms with Crippen molar-refractivity contribution in [3.8, 4) is 0 Å². The molecule has 6 unspecified atom stereocenters. The molecule has 0 spiro atoms. The molecule has 9 rings (SSSR count). The zero-order chi connectivity index (χ0) is 88.0. The molecule has 118 heavy (non-hydrogen) atoms. The van der Waals surface area contributed by atoms with Gasteiger partial charge in [-0.25, -0.2) is 0 Å². The van der Waals surface area contributed by atoms with Crippen molar-refractivity contribution in [2.45, 2.75) is 393 Å². The average molecular weight is 1610 g/mol. The fraction of sp³-hybridized carbons (Fsp3) is 0.579. The summed E-state index contributed by atoms with van der Waals surface area (Å²) < 4.78 is 27.2. The van der Waals surface area contributed by atoms with E-state index < -0.39 is 59.4 Å². The van der Waals surface area contributed by atoms with Crippen LogP contribution in [0, 0.1) is 32.5 Å². The van der Waals surface area contributed by atoms with Crippen LogP contribution in [0.1, 0.15) is 393 Å². The average Bonchev–Trinajstić information content (AvgIpc) is 0.700. The molecular formula is C114H165O3P. The molecule has 0 saturated heterocycles. The summed E-state index contributed by atoms with van der Waals surface area (Å²) in [5, 5.41) is 0. The van der Waals surface area contributed by atoms with E-state index in [1.165, 1.54) is 100 Å². The molecular weight excluding hydrogens is 1450 g/mol. The summed E-state index contributed by atoms with van der Waals surface area (Å²) in [7, 11) is -2.51. The van der Waals surface area contributed by atoms with E-state index >= 15 is 0 Å². The van der Waals surface area contributed by atoms with Crippen LogP contribution in [0.25, 0.3) is 16.7 Å². The van der Waals surface area contributed by atoms with E-state index in [4.69, 9.17) is 13.6 Å². The van der Waals surface area contributed by atoms with Gasteiger partial charge in [-0.2, -0.15) is 0 Å². The Hall–Kier alpha value is -5.93. The third-order valence-corrected chi connectivity index (χ3v) is 34.6. The first-order valence-corrected chi connectivity index (χ1v) is 47.7. The van der Waals surface area contributed by atoms with Crippen molar-refractivity contribution in [2.75, 3.05) is 0 Å². The van der Waals surface area contributed by atoms with Crippen LogP contribution in [0.2, 0.25) is 0 Å². The molecule has 4 heteroatoms. The van der Waals surface area contributed by atoms with Gasteiger partial charge in [0.1, 0.15) is 0 Å². The zero-order valence-corrected chi connectivity index (χ0v) is 82.6. The van der Waals surface area contributed by atoms with Crippen LogP contribution in [0.5, 0.6) is 0 Å². The highest BCUT2D eigenvalue weighted by molar-refractivity contribution is 7.41. The zero-order valence-electron chi connectivity index (χ0n) is 81.7. The maximum Gasteiger partial charge on any atom is 0.334 e. The fourth-order valence-corrected chi connectivity index (χ4v) is 20.9. The fourth-order valence-electron chi connectivity index (χ4n) is 19.6. The molecule has 0 aromatic heterocycles. The van der Waals surface area contributed by atoms with Gasteiger partial charge in [-0.15, -0.1) is 0 Å². The number of hydrogen-bond acceptors (Lipinski definition) is 3. The van der Waals surface area contributed by atoms with Gasteiger partial charge in [0.25, 0.3) is 0 Å². The standard InChI is InChI=1S/C114H165O3P/c1-37-100(13,14)82-55-49-79(50-56-82)97-91(106(25,26)43-7)73-76-94(112(97,109(31,32)46-10)88-67-61-85(62-68-88)103(19,20)40-4)115-118(116-95-77-74-92(107(27,28)44-8)98(80-51-57-83(58-52-80)101(15,16)38-2)113(95,110(33,34)47-11)89-69-63-86(64-70-89)104(21,22)41-5)117-96-78-75-93(108(29,30)45-9)99(81-53-59-84(60-54-81)102(17,18)39-3)114(96,111(35,36)48-12)90-71-65-87(66-72-90)105(23,24)42-6/h49-78,94-96H,37-48H2,1-36H3. The van der Waals surface area contributed by atoms with Gasteiger partial charge in [0.2, 0.25) is 0 Å². The normalized spacial score (nSPS) is 21.5. The summed E-state index contributed by atoms with van der Waals surface area (Å²) in [6.07, 6.45) is 24.5. The summed E-state index contributed by atoms with van der Waals surface area (Å²) >= 11 is 0. The molecule has 0 saturated carbocycles. The summed E-state index contributed by atoms with van der Waals surface area (Å²) in [6.45, 7) is 87.4. The Morgan fingerprint density at radius 3 is 0.534 bits per heavy atom. The van der Waals surface area contributed by atoms with Crippen molar-refractivity contribution >= 4 is 25.3 Å². The molecule has 0 fully saturated rings. The van der Waals surface area contributed by atoms with Crippen LogP contribution in [0.4, 0.5) is 0 Å². The Balaban J connectivity index is 1.53. The van der Waals surface area contributed by atoms with E-state index in [2.05, 4.69) is 431 Å². The van der Waals surface area contributed by atoms with Gasteiger partial charge < -0.3 is 13.6 Å². The summed E-state index contributed by atoms with van der Waals surface area (Å²) in [4.78, 5) is 0. The maximum absolute atomic E-state index is 9.07. The second kappa shape index (κ2) is 35.4. The van der Waals surface area contributed by atoms with Crippen LogP contribution < -0.4 is 0 Å². The topological polar surface area (TPSA) is 27.7 Å². The number of hydrogen-bond donors (Lipinski definition) is 0. The van der Waals surface area contributed by atoms with E-state index in [1.807, 2.05) is 0 Å². The third kappa shape index (κ3) is 17.2. The van der Waals surface area contributed by atoms with Crippen LogP contribution >= 0.6 is 8.60 Å². The Labute approximate surface area is 725 Å². The molecule has 3 aliphatic rings. The molecule has 3 nitrogen and oxygen atoms in total. The predicted octanol–water partition coefficient (Wildman–Crippen LogP) is 34.0. The molecule has 6 atom stereocenters. The van der Waals surface area contributed by atoms with Gasteiger partial charge in [0.05, 0.1) is 34.6 Å². The van der Waals surface area contributed by atoms with Crippen molar-refractivity contribution in [2.24, 2.45) is 32.5 Å². The number of allylic oxidation sites excluding steroid dienone is 6. The van der Waals surface area contributed by atoms with Crippen LogP contribution in [0.15, 0.2) is 199 Å². The molecule has 0 heterocycles. The molecule has 0 aliphatic heterocycles. The highest BCUT2D eigenvalue weighted by atomic mass is 31.2. The van der Waals surface area contributed by atoms with E-state index in [9.17, 15) is 0 Å². The van der Waals surface area contributed by atoms with Gasteiger partial charge in [-0.05, 0) is 242 Å². The molecule has 6 aromatic carbocycles. The lowest BCUT2D eigenvalue weighted by molar-refractivity contribution is 0.00169. The van der Waals surface area contributed by atoms with Crippen molar-refractivity contribution in [3.63, 3.8) is 0 Å². The smallest absolute Gasteiger partial charge is 0.303 e. The van der Waals surface area contributed by atoms with E-state index in [0.29, 0.717) is 0 Å².